The fourth-order valence-electron chi connectivity index (χ4n) is 2.27. The Hall–Kier alpha value is -2.20. The van der Waals surface area contributed by atoms with Crippen LogP contribution in [0.15, 0.2) is 42.5 Å². The Balaban J connectivity index is 1.69. The van der Waals surface area contributed by atoms with E-state index in [-0.39, 0.29) is 6.10 Å². The molecule has 1 heterocycles. The molecule has 0 saturated carbocycles. The Kier molecular flexibility index (Phi) is 3.97. The lowest BCUT2D eigenvalue weighted by Crippen LogP contribution is -2.35. The summed E-state index contributed by atoms with van der Waals surface area (Å²) in [6.07, 6.45) is -0.0930. The molecule has 2 aromatic carbocycles. The number of fused-ring (bicyclic) bond motifs is 1. The summed E-state index contributed by atoms with van der Waals surface area (Å²) in [6, 6.07) is 13.9. The van der Waals surface area contributed by atoms with E-state index >= 15 is 0 Å². The third-order valence-electron chi connectivity index (χ3n) is 3.38. The van der Waals surface area contributed by atoms with E-state index in [0.29, 0.717) is 25.5 Å². The third kappa shape index (κ3) is 3.28. The van der Waals surface area contributed by atoms with Crippen LogP contribution in [0.5, 0.6) is 17.2 Å². The molecule has 3 rings (SSSR count). The molecule has 0 saturated heterocycles. The highest BCUT2D eigenvalue weighted by atomic mass is 16.6. The zero-order valence-corrected chi connectivity index (χ0v) is 12.0. The number of rotatable bonds is 4. The molecule has 0 fully saturated rings. The minimum Gasteiger partial charge on any atom is -0.489 e. The summed E-state index contributed by atoms with van der Waals surface area (Å²) in [7, 11) is 0. The van der Waals surface area contributed by atoms with Crippen LogP contribution in [0, 0.1) is 6.92 Å². The van der Waals surface area contributed by atoms with Crippen LogP contribution in [0.3, 0.4) is 0 Å². The van der Waals surface area contributed by atoms with Crippen molar-refractivity contribution in [3.05, 3.63) is 53.6 Å². The molecule has 0 amide bonds. The summed E-state index contributed by atoms with van der Waals surface area (Å²) in [4.78, 5) is 0. The molecule has 1 aliphatic heterocycles. The molecule has 0 aromatic heterocycles. The molecule has 1 atom stereocenters. The van der Waals surface area contributed by atoms with E-state index in [9.17, 15) is 0 Å². The van der Waals surface area contributed by atoms with Gasteiger partial charge in [0, 0.05) is 12.6 Å². The van der Waals surface area contributed by atoms with E-state index in [1.165, 1.54) is 5.56 Å². The number of aryl methyl sites for hydroxylation is 1. The van der Waals surface area contributed by atoms with Gasteiger partial charge in [-0.15, -0.1) is 0 Å². The van der Waals surface area contributed by atoms with Gasteiger partial charge in [-0.3, -0.25) is 0 Å². The molecular formula is C17H19NO3. The molecule has 1 aliphatic rings. The van der Waals surface area contributed by atoms with Crippen molar-refractivity contribution in [3.8, 4) is 17.2 Å². The highest BCUT2D eigenvalue weighted by Gasteiger charge is 2.20. The van der Waals surface area contributed by atoms with Crippen molar-refractivity contribution in [3.63, 3.8) is 0 Å². The van der Waals surface area contributed by atoms with Crippen molar-refractivity contribution in [1.29, 1.82) is 0 Å². The monoisotopic (exact) mass is 285 g/mol. The van der Waals surface area contributed by atoms with Gasteiger partial charge in [-0.2, -0.15) is 0 Å². The van der Waals surface area contributed by atoms with Crippen LogP contribution in [-0.4, -0.2) is 19.3 Å². The first-order chi connectivity index (χ1) is 10.2. The quantitative estimate of drug-likeness (QED) is 0.938. The molecule has 110 valence electrons. The second-order valence-electron chi connectivity index (χ2n) is 5.17. The largest absolute Gasteiger partial charge is 0.489 e. The van der Waals surface area contributed by atoms with Crippen LogP contribution in [0.25, 0.3) is 0 Å². The van der Waals surface area contributed by atoms with E-state index in [4.69, 9.17) is 19.9 Å². The summed E-state index contributed by atoms with van der Waals surface area (Å²) in [6.45, 7) is 3.53. The van der Waals surface area contributed by atoms with Crippen molar-refractivity contribution in [1.82, 2.24) is 0 Å². The third-order valence-corrected chi connectivity index (χ3v) is 3.38. The maximum absolute atomic E-state index is 5.82. The van der Waals surface area contributed by atoms with Gasteiger partial charge >= 0.3 is 0 Å². The Morgan fingerprint density at radius 1 is 1.19 bits per heavy atom. The van der Waals surface area contributed by atoms with E-state index < -0.39 is 0 Å². The fourth-order valence-corrected chi connectivity index (χ4v) is 2.27. The van der Waals surface area contributed by atoms with E-state index in [2.05, 4.69) is 25.1 Å². The van der Waals surface area contributed by atoms with Gasteiger partial charge in [0.15, 0.2) is 11.5 Å². The Bertz CT molecular complexity index is 627. The van der Waals surface area contributed by atoms with Crippen LogP contribution < -0.4 is 19.9 Å². The predicted octanol–water partition coefficient (Wildman–Crippen LogP) is 2.67. The first kappa shape index (κ1) is 13.8. The maximum atomic E-state index is 5.82. The Morgan fingerprint density at radius 3 is 2.90 bits per heavy atom. The Morgan fingerprint density at radius 2 is 2.10 bits per heavy atom. The molecule has 2 aromatic rings. The normalized spacial score (nSPS) is 16.6. The summed E-state index contributed by atoms with van der Waals surface area (Å²) >= 11 is 0. The van der Waals surface area contributed by atoms with E-state index in [0.717, 1.165) is 17.1 Å². The number of ether oxygens (including phenoxy) is 3. The molecule has 2 N–H and O–H groups in total. The summed E-state index contributed by atoms with van der Waals surface area (Å²) in [5.41, 5.74) is 7.98. The molecule has 0 spiro atoms. The zero-order valence-electron chi connectivity index (χ0n) is 12.0. The smallest absolute Gasteiger partial charge is 0.165 e. The summed E-state index contributed by atoms with van der Waals surface area (Å²) < 4.78 is 17.2. The number of hydrogen-bond donors (Lipinski definition) is 1. The highest BCUT2D eigenvalue weighted by molar-refractivity contribution is 5.46. The van der Waals surface area contributed by atoms with Crippen LogP contribution in [0.4, 0.5) is 0 Å². The highest BCUT2D eigenvalue weighted by Crippen LogP contribution is 2.35. The molecule has 0 radical (unpaired) electrons. The number of benzene rings is 2. The standard InChI is InChI=1S/C17H19NO3/c1-12-3-2-4-13(7-12)10-19-14-5-6-16-17(8-14)21-15(9-18)11-20-16/h2-8,15H,9-11,18H2,1H3/t15-/m1/s1. The van der Waals surface area contributed by atoms with Gasteiger partial charge in [-0.25, -0.2) is 0 Å². The molecule has 4 nitrogen and oxygen atoms in total. The molecule has 0 unspecified atom stereocenters. The predicted molar refractivity (Wildman–Crippen MR) is 80.9 cm³/mol. The van der Waals surface area contributed by atoms with Gasteiger partial charge in [0.2, 0.25) is 0 Å². The lowest BCUT2D eigenvalue weighted by atomic mass is 10.1. The Labute approximate surface area is 124 Å². The van der Waals surface area contributed by atoms with Gasteiger partial charge in [0.05, 0.1) is 0 Å². The molecule has 0 bridgehead atoms. The molecule has 21 heavy (non-hydrogen) atoms. The molecular weight excluding hydrogens is 266 g/mol. The SMILES string of the molecule is Cc1cccc(COc2ccc3c(c2)O[C@H](CN)CO3)c1. The maximum Gasteiger partial charge on any atom is 0.165 e. The van der Waals surface area contributed by atoms with Crippen molar-refractivity contribution in [2.45, 2.75) is 19.6 Å². The average molecular weight is 285 g/mol. The number of nitrogens with two attached hydrogens (primary N) is 1. The molecule has 0 aliphatic carbocycles. The van der Waals surface area contributed by atoms with Gasteiger partial charge in [0.1, 0.15) is 25.1 Å². The van der Waals surface area contributed by atoms with Crippen molar-refractivity contribution in [2.24, 2.45) is 5.73 Å². The summed E-state index contributed by atoms with van der Waals surface area (Å²) in [5, 5.41) is 0. The van der Waals surface area contributed by atoms with E-state index in [1.54, 1.807) is 0 Å². The lowest BCUT2D eigenvalue weighted by molar-refractivity contribution is 0.0962. The van der Waals surface area contributed by atoms with Crippen molar-refractivity contribution < 1.29 is 14.2 Å². The van der Waals surface area contributed by atoms with Crippen molar-refractivity contribution >= 4 is 0 Å². The van der Waals surface area contributed by atoms with Crippen molar-refractivity contribution in [2.75, 3.05) is 13.2 Å². The number of hydrogen-bond acceptors (Lipinski definition) is 4. The van der Waals surface area contributed by atoms with Crippen LogP contribution >= 0.6 is 0 Å². The van der Waals surface area contributed by atoms with Crippen LogP contribution in [-0.2, 0) is 6.61 Å². The van der Waals surface area contributed by atoms with Crippen LogP contribution in [0.1, 0.15) is 11.1 Å². The first-order valence-electron chi connectivity index (χ1n) is 7.06. The molecule has 4 heteroatoms. The van der Waals surface area contributed by atoms with Gasteiger partial charge in [0.25, 0.3) is 0 Å². The lowest BCUT2D eigenvalue weighted by Gasteiger charge is -2.25. The van der Waals surface area contributed by atoms with E-state index in [1.807, 2.05) is 24.3 Å². The first-order valence-corrected chi connectivity index (χ1v) is 7.06. The fraction of sp³-hybridized carbons (Fsp3) is 0.294. The minimum atomic E-state index is -0.0930. The van der Waals surface area contributed by atoms with Crippen LogP contribution in [0.2, 0.25) is 0 Å². The average Bonchev–Trinajstić information content (AvgIpc) is 2.52. The van der Waals surface area contributed by atoms with Gasteiger partial charge in [-0.05, 0) is 24.6 Å². The zero-order chi connectivity index (χ0) is 14.7. The second-order valence-corrected chi connectivity index (χ2v) is 5.17. The van der Waals surface area contributed by atoms with Gasteiger partial charge < -0.3 is 19.9 Å². The topological polar surface area (TPSA) is 53.7 Å². The summed E-state index contributed by atoms with van der Waals surface area (Å²) in [5.74, 6) is 2.19. The minimum absolute atomic E-state index is 0.0930. The second kappa shape index (κ2) is 6.06. The van der Waals surface area contributed by atoms with Gasteiger partial charge in [-0.1, -0.05) is 29.8 Å².